The molecule has 0 aromatic carbocycles. The molecule has 180 valence electrons. The number of carbonyl (C=O) groups excluding carboxylic acids is 2. The smallest absolute Gasteiger partial charge is 0.411 e. The minimum atomic E-state index is -2.06. The van der Waals surface area contributed by atoms with Crippen molar-refractivity contribution >= 4 is 32.0 Å². The van der Waals surface area contributed by atoms with Crippen LogP contribution in [0.5, 0.6) is 0 Å². The molecule has 0 radical (unpaired) electrons. The molecule has 31 heavy (non-hydrogen) atoms. The van der Waals surface area contributed by atoms with Crippen LogP contribution in [0.4, 0.5) is 4.79 Å². The van der Waals surface area contributed by atoms with Gasteiger partial charge in [-0.3, -0.25) is 4.90 Å². The zero-order valence-corrected chi connectivity index (χ0v) is 22.6. The summed E-state index contributed by atoms with van der Waals surface area (Å²) in [6.07, 6.45) is 0.306. The number of esters is 1. The second-order valence-corrected chi connectivity index (χ2v) is 16.0. The molecule has 1 rings (SSSR count). The molecule has 1 amide bonds. The molecule has 0 aliphatic carbocycles. The number of hydrogen-bond donors (Lipinski definition) is 0. The van der Waals surface area contributed by atoms with Crippen LogP contribution in [0.15, 0.2) is 12.2 Å². The fourth-order valence-corrected chi connectivity index (χ4v) is 4.68. The highest BCUT2D eigenvalue weighted by molar-refractivity contribution is 6.74. The van der Waals surface area contributed by atoms with Crippen LogP contribution in [0.25, 0.3) is 0 Å². The standard InChI is InChI=1S/C23H42ClNO5Si/c1-11-28-19(26)23(14-17(2)15-24)18(16-29-31(9,10)22(6,7)8)12-13-25(23)20(27)30-21(3,4)5/h18H,2,11-16H2,1,3-10H3. The number of halogens is 1. The maximum Gasteiger partial charge on any atom is 0.411 e. The van der Waals surface area contributed by atoms with E-state index in [1.54, 1.807) is 6.92 Å². The third-order valence-corrected chi connectivity index (χ3v) is 11.1. The molecule has 0 N–H and O–H groups in total. The minimum absolute atomic E-state index is 0.0305. The molecule has 0 saturated carbocycles. The summed E-state index contributed by atoms with van der Waals surface area (Å²) < 4.78 is 17.6. The van der Waals surface area contributed by atoms with Gasteiger partial charge in [-0.15, -0.1) is 11.6 Å². The normalized spacial score (nSPS) is 22.4. The highest BCUT2D eigenvalue weighted by atomic mass is 35.5. The van der Waals surface area contributed by atoms with Gasteiger partial charge >= 0.3 is 12.1 Å². The monoisotopic (exact) mass is 475 g/mol. The molecule has 1 heterocycles. The summed E-state index contributed by atoms with van der Waals surface area (Å²) >= 11 is 6.05. The summed E-state index contributed by atoms with van der Waals surface area (Å²) in [4.78, 5) is 28.1. The van der Waals surface area contributed by atoms with Crippen LogP contribution in [0.3, 0.4) is 0 Å². The molecule has 0 spiro atoms. The Morgan fingerprint density at radius 3 is 2.23 bits per heavy atom. The van der Waals surface area contributed by atoms with Gasteiger partial charge in [0.1, 0.15) is 5.60 Å². The van der Waals surface area contributed by atoms with Crippen molar-refractivity contribution in [2.45, 2.75) is 90.6 Å². The van der Waals surface area contributed by atoms with Gasteiger partial charge in [-0.05, 0) is 52.2 Å². The van der Waals surface area contributed by atoms with Crippen LogP contribution in [-0.2, 0) is 18.7 Å². The van der Waals surface area contributed by atoms with Gasteiger partial charge in [-0.2, -0.15) is 0 Å². The number of carbonyl (C=O) groups is 2. The van der Waals surface area contributed by atoms with E-state index in [0.29, 0.717) is 25.1 Å². The number of hydrogen-bond acceptors (Lipinski definition) is 5. The summed E-state index contributed by atoms with van der Waals surface area (Å²) in [5, 5.41) is 0.0305. The van der Waals surface area contributed by atoms with Crippen LogP contribution in [0.1, 0.15) is 61.3 Å². The van der Waals surface area contributed by atoms with E-state index in [1.807, 2.05) is 20.8 Å². The molecule has 2 atom stereocenters. The van der Waals surface area contributed by atoms with Gasteiger partial charge in [-0.1, -0.05) is 32.9 Å². The number of alkyl halides is 1. The van der Waals surface area contributed by atoms with E-state index >= 15 is 0 Å². The van der Waals surface area contributed by atoms with Crippen LogP contribution in [0, 0.1) is 5.92 Å². The molecule has 8 heteroatoms. The molecule has 1 saturated heterocycles. The Morgan fingerprint density at radius 2 is 1.77 bits per heavy atom. The molecule has 1 aliphatic rings. The number of likely N-dealkylation sites (tertiary alicyclic amines) is 1. The van der Waals surface area contributed by atoms with Gasteiger partial charge in [0.2, 0.25) is 0 Å². The van der Waals surface area contributed by atoms with Crippen molar-refractivity contribution in [2.24, 2.45) is 5.92 Å². The van der Waals surface area contributed by atoms with Crippen LogP contribution < -0.4 is 0 Å². The first-order valence-corrected chi connectivity index (χ1v) is 14.5. The average Bonchev–Trinajstić information content (AvgIpc) is 2.97. The van der Waals surface area contributed by atoms with Gasteiger partial charge in [0.25, 0.3) is 0 Å². The maximum atomic E-state index is 13.4. The van der Waals surface area contributed by atoms with Crippen molar-refractivity contribution in [3.05, 3.63) is 12.2 Å². The molecule has 2 unspecified atom stereocenters. The second kappa shape index (κ2) is 10.3. The predicted molar refractivity (Wildman–Crippen MR) is 128 cm³/mol. The van der Waals surface area contributed by atoms with E-state index in [1.165, 1.54) is 4.90 Å². The highest BCUT2D eigenvalue weighted by Crippen LogP contribution is 2.44. The Balaban J connectivity index is 3.41. The quantitative estimate of drug-likeness (QED) is 0.193. The van der Waals surface area contributed by atoms with Gasteiger partial charge < -0.3 is 13.9 Å². The van der Waals surface area contributed by atoms with Gasteiger partial charge in [-0.25, -0.2) is 9.59 Å². The average molecular weight is 476 g/mol. The van der Waals surface area contributed by atoms with Crippen molar-refractivity contribution in [3.8, 4) is 0 Å². The van der Waals surface area contributed by atoms with Crippen molar-refractivity contribution in [2.75, 3.05) is 25.6 Å². The van der Waals surface area contributed by atoms with Crippen LogP contribution in [0.2, 0.25) is 18.1 Å². The molecule has 1 fully saturated rings. The predicted octanol–water partition coefficient (Wildman–Crippen LogP) is 5.75. The fraction of sp³-hybridized carbons (Fsp3) is 0.826. The SMILES string of the molecule is C=C(CCl)CC1(C(=O)OCC)C(CO[Si](C)(C)C(C)(C)C)CCN1C(=O)OC(C)(C)C. The van der Waals surface area contributed by atoms with Gasteiger partial charge in [0, 0.05) is 31.4 Å². The largest absolute Gasteiger partial charge is 0.464 e. The first-order chi connectivity index (χ1) is 14.0. The molecular weight excluding hydrogens is 434 g/mol. The summed E-state index contributed by atoms with van der Waals surface area (Å²) in [5.41, 5.74) is -1.26. The zero-order chi connectivity index (χ0) is 24.3. The van der Waals surface area contributed by atoms with E-state index in [2.05, 4.69) is 40.4 Å². The lowest BCUT2D eigenvalue weighted by Gasteiger charge is -2.42. The van der Waals surface area contributed by atoms with Crippen molar-refractivity contribution in [3.63, 3.8) is 0 Å². The van der Waals surface area contributed by atoms with E-state index in [4.69, 9.17) is 25.5 Å². The summed E-state index contributed by atoms with van der Waals surface area (Å²) in [7, 11) is -2.06. The molecule has 6 nitrogen and oxygen atoms in total. The molecule has 1 aliphatic heterocycles. The number of rotatable bonds is 8. The molecule has 0 aromatic rings. The molecular formula is C23H42ClNO5Si. The highest BCUT2D eigenvalue weighted by Gasteiger charge is 2.58. The van der Waals surface area contributed by atoms with Crippen molar-refractivity contribution in [1.29, 1.82) is 0 Å². The Bertz CT molecular complexity index is 668. The van der Waals surface area contributed by atoms with Crippen molar-refractivity contribution in [1.82, 2.24) is 4.90 Å². The zero-order valence-electron chi connectivity index (χ0n) is 20.9. The van der Waals surface area contributed by atoms with Crippen molar-refractivity contribution < 1.29 is 23.5 Å². The lowest BCUT2D eigenvalue weighted by atomic mass is 9.80. The third kappa shape index (κ3) is 6.72. The minimum Gasteiger partial charge on any atom is -0.464 e. The summed E-state index contributed by atoms with van der Waals surface area (Å²) in [5.74, 6) is -0.499. The lowest BCUT2D eigenvalue weighted by molar-refractivity contribution is -0.159. The van der Waals surface area contributed by atoms with Gasteiger partial charge in [0.15, 0.2) is 13.9 Å². The Hall–Kier alpha value is -1.05. The van der Waals surface area contributed by atoms with Crippen LogP contribution >= 0.6 is 11.6 Å². The van der Waals surface area contributed by atoms with E-state index in [0.717, 1.165) is 0 Å². The maximum absolute atomic E-state index is 13.4. The number of ether oxygens (including phenoxy) is 2. The number of amides is 1. The topological polar surface area (TPSA) is 65.1 Å². The lowest BCUT2D eigenvalue weighted by Crippen LogP contribution is -2.59. The first-order valence-electron chi connectivity index (χ1n) is 11.1. The Kier molecular flexibility index (Phi) is 9.26. The fourth-order valence-electron chi connectivity index (χ4n) is 3.53. The summed E-state index contributed by atoms with van der Waals surface area (Å²) in [6, 6.07) is 0. The summed E-state index contributed by atoms with van der Waals surface area (Å²) in [6.45, 7) is 23.1. The van der Waals surface area contributed by atoms with Gasteiger partial charge in [0.05, 0.1) is 6.61 Å². The first kappa shape index (κ1) is 28.0. The molecule has 0 aromatic heterocycles. The molecule has 0 bridgehead atoms. The van der Waals surface area contributed by atoms with Crippen LogP contribution in [-0.4, -0.2) is 62.1 Å². The Labute approximate surface area is 194 Å². The van der Waals surface area contributed by atoms with E-state index < -0.39 is 31.5 Å². The van der Waals surface area contributed by atoms with E-state index in [-0.39, 0.29) is 29.9 Å². The Morgan fingerprint density at radius 1 is 1.19 bits per heavy atom. The van der Waals surface area contributed by atoms with E-state index in [9.17, 15) is 9.59 Å². The third-order valence-electron chi connectivity index (χ3n) is 6.26. The number of nitrogens with zero attached hydrogens (tertiary/aromatic N) is 1. The second-order valence-electron chi connectivity index (χ2n) is 10.9.